The summed E-state index contributed by atoms with van der Waals surface area (Å²) in [6, 6.07) is 1.29. The summed E-state index contributed by atoms with van der Waals surface area (Å²) in [5.41, 5.74) is -1.16. The predicted molar refractivity (Wildman–Crippen MR) is 97.1 cm³/mol. The van der Waals surface area contributed by atoms with Crippen molar-refractivity contribution in [2.45, 2.75) is 38.9 Å². The van der Waals surface area contributed by atoms with Crippen LogP contribution in [-0.4, -0.2) is 52.7 Å². The van der Waals surface area contributed by atoms with E-state index in [9.17, 15) is 16.8 Å². The predicted octanol–water partition coefficient (Wildman–Crippen LogP) is 0.760. The quantitative estimate of drug-likeness (QED) is 0.533. The summed E-state index contributed by atoms with van der Waals surface area (Å²) in [5.74, 6) is 0. The number of nitrogens with zero attached hydrogens (tertiary/aromatic N) is 2. The summed E-state index contributed by atoms with van der Waals surface area (Å²) in [6.45, 7) is 7.43. The van der Waals surface area contributed by atoms with E-state index in [1.54, 1.807) is 0 Å². The van der Waals surface area contributed by atoms with Crippen LogP contribution in [0.25, 0.3) is 0 Å². The molecule has 2 rings (SSSR count). The highest BCUT2D eigenvalue weighted by Crippen LogP contribution is 2.37. The molecule has 25 heavy (non-hydrogen) atoms. The molecule has 1 aromatic heterocycles. The van der Waals surface area contributed by atoms with Crippen molar-refractivity contribution in [1.29, 1.82) is 0 Å². The van der Waals surface area contributed by atoms with E-state index in [-0.39, 0.29) is 14.6 Å². The molecular weight excluding hydrogens is 391 g/mol. The first kappa shape index (κ1) is 20.4. The standard InChI is InChI=1S/C13H20BClN2O6S2/c1-12(2)13(3,4)23-14(22-12)9-7-10(11(15)16-8-9)17(24(5,18)19)25(6,20)21/h7-8H,1-6H3. The van der Waals surface area contributed by atoms with Gasteiger partial charge in [0.1, 0.15) is 5.69 Å². The summed E-state index contributed by atoms with van der Waals surface area (Å²) in [5, 5.41) is -0.267. The molecule has 0 spiro atoms. The van der Waals surface area contributed by atoms with Crippen LogP contribution in [0.1, 0.15) is 27.7 Å². The Balaban J connectivity index is 2.56. The molecule has 0 unspecified atom stereocenters. The topological polar surface area (TPSA) is 103 Å². The lowest BCUT2D eigenvalue weighted by Crippen LogP contribution is -2.41. The van der Waals surface area contributed by atoms with E-state index in [0.717, 1.165) is 12.5 Å². The third-order valence-electron chi connectivity index (χ3n) is 4.17. The fraction of sp³-hybridized carbons (Fsp3) is 0.615. The average Bonchev–Trinajstić information content (AvgIpc) is 2.57. The van der Waals surface area contributed by atoms with Crippen LogP contribution in [-0.2, 0) is 29.4 Å². The van der Waals surface area contributed by atoms with Crippen molar-refractivity contribution in [2.75, 3.05) is 16.2 Å². The van der Waals surface area contributed by atoms with Gasteiger partial charge in [-0.1, -0.05) is 11.6 Å². The molecule has 0 N–H and O–H groups in total. The number of aromatic nitrogens is 1. The van der Waals surface area contributed by atoms with E-state index in [2.05, 4.69) is 4.98 Å². The Labute approximate surface area is 153 Å². The third kappa shape index (κ3) is 3.95. The Hall–Kier alpha value is -0.875. The molecule has 0 aromatic carbocycles. The van der Waals surface area contributed by atoms with Crippen molar-refractivity contribution in [3.05, 3.63) is 17.4 Å². The number of hydrogen-bond donors (Lipinski definition) is 0. The molecule has 1 aliphatic rings. The van der Waals surface area contributed by atoms with Crippen molar-refractivity contribution in [3.63, 3.8) is 0 Å². The Bertz CT molecular complexity index is 853. The maximum Gasteiger partial charge on any atom is 0.496 e. The number of sulfonamides is 2. The van der Waals surface area contributed by atoms with Gasteiger partial charge in [-0.15, -0.1) is 0 Å². The fourth-order valence-corrected chi connectivity index (χ4v) is 5.54. The molecule has 0 bridgehead atoms. The van der Waals surface area contributed by atoms with Gasteiger partial charge in [0.25, 0.3) is 0 Å². The monoisotopic (exact) mass is 410 g/mol. The molecule has 0 atom stereocenters. The molecule has 1 aliphatic heterocycles. The largest absolute Gasteiger partial charge is 0.496 e. The van der Waals surface area contributed by atoms with Gasteiger partial charge in [-0.25, -0.2) is 21.8 Å². The fourth-order valence-electron chi connectivity index (χ4n) is 2.29. The van der Waals surface area contributed by atoms with Crippen LogP contribution in [0.2, 0.25) is 5.15 Å². The lowest BCUT2D eigenvalue weighted by molar-refractivity contribution is 0.00578. The van der Waals surface area contributed by atoms with Gasteiger partial charge in [-0.3, -0.25) is 0 Å². The van der Waals surface area contributed by atoms with Crippen LogP contribution < -0.4 is 9.17 Å². The molecule has 2 heterocycles. The molecule has 1 saturated heterocycles. The van der Waals surface area contributed by atoms with Crippen LogP contribution in [0, 0.1) is 0 Å². The second kappa shape index (κ2) is 6.09. The van der Waals surface area contributed by atoms with Crippen molar-refractivity contribution in [3.8, 4) is 0 Å². The minimum Gasteiger partial charge on any atom is -0.399 e. The summed E-state index contributed by atoms with van der Waals surface area (Å²) in [7, 11) is -9.13. The van der Waals surface area contributed by atoms with Crippen molar-refractivity contribution in [2.24, 2.45) is 0 Å². The first-order valence-corrected chi connectivity index (χ1v) is 11.4. The average molecular weight is 411 g/mol. The third-order valence-corrected chi connectivity index (χ3v) is 7.68. The van der Waals surface area contributed by atoms with E-state index in [0.29, 0.717) is 5.46 Å². The van der Waals surface area contributed by atoms with E-state index < -0.39 is 38.4 Å². The highest BCUT2D eigenvalue weighted by atomic mass is 35.5. The zero-order valence-electron chi connectivity index (χ0n) is 14.8. The molecule has 1 fully saturated rings. The maximum atomic E-state index is 12.0. The van der Waals surface area contributed by atoms with Crippen molar-refractivity contribution in [1.82, 2.24) is 4.98 Å². The minimum absolute atomic E-state index is 0.240. The number of rotatable bonds is 4. The summed E-state index contributed by atoms with van der Waals surface area (Å²) in [6.07, 6.45) is 2.90. The van der Waals surface area contributed by atoms with Gasteiger partial charge in [-0.2, -0.15) is 3.71 Å². The highest BCUT2D eigenvalue weighted by Gasteiger charge is 2.52. The Morgan fingerprint density at radius 1 is 1.04 bits per heavy atom. The molecule has 12 heteroatoms. The van der Waals surface area contributed by atoms with Gasteiger partial charge in [-0.05, 0) is 33.8 Å². The second-order valence-electron chi connectivity index (χ2n) is 6.89. The number of pyridine rings is 1. The molecule has 0 saturated carbocycles. The van der Waals surface area contributed by atoms with Crippen molar-refractivity contribution >= 4 is 49.9 Å². The number of halogens is 1. The smallest absolute Gasteiger partial charge is 0.399 e. The molecule has 8 nitrogen and oxygen atoms in total. The zero-order valence-corrected chi connectivity index (χ0v) is 17.2. The summed E-state index contributed by atoms with van der Waals surface area (Å²) < 4.78 is 59.9. The summed E-state index contributed by atoms with van der Waals surface area (Å²) >= 11 is 5.96. The van der Waals surface area contributed by atoms with Gasteiger partial charge in [0.05, 0.1) is 23.7 Å². The maximum absolute atomic E-state index is 12.0. The van der Waals surface area contributed by atoms with Gasteiger partial charge < -0.3 is 9.31 Å². The van der Waals surface area contributed by atoms with Gasteiger partial charge in [0, 0.05) is 11.7 Å². The second-order valence-corrected chi connectivity index (χ2v) is 11.1. The first-order valence-electron chi connectivity index (χ1n) is 7.28. The van der Waals surface area contributed by atoms with Crippen LogP contribution in [0.5, 0.6) is 0 Å². The zero-order chi connectivity index (χ0) is 19.4. The van der Waals surface area contributed by atoms with E-state index >= 15 is 0 Å². The lowest BCUT2D eigenvalue weighted by atomic mass is 9.80. The Kier molecular flexibility index (Phi) is 4.98. The Morgan fingerprint density at radius 3 is 1.88 bits per heavy atom. The lowest BCUT2D eigenvalue weighted by Gasteiger charge is -2.32. The van der Waals surface area contributed by atoms with Gasteiger partial charge in [0.15, 0.2) is 5.15 Å². The van der Waals surface area contributed by atoms with Gasteiger partial charge >= 0.3 is 7.12 Å². The minimum atomic E-state index is -4.14. The van der Waals surface area contributed by atoms with E-state index in [4.69, 9.17) is 20.9 Å². The van der Waals surface area contributed by atoms with E-state index in [1.165, 1.54) is 12.3 Å². The van der Waals surface area contributed by atoms with Crippen molar-refractivity contribution < 1.29 is 26.1 Å². The molecular formula is C13H20BClN2O6S2. The molecule has 0 radical (unpaired) electrons. The molecule has 140 valence electrons. The molecule has 0 aliphatic carbocycles. The first-order chi connectivity index (χ1) is 11.1. The molecule has 0 amide bonds. The summed E-state index contributed by atoms with van der Waals surface area (Å²) in [4.78, 5) is 3.90. The normalized spacial score (nSPS) is 19.9. The van der Waals surface area contributed by atoms with Crippen LogP contribution >= 0.6 is 11.6 Å². The van der Waals surface area contributed by atoms with E-state index in [1.807, 2.05) is 27.7 Å². The molecule has 1 aromatic rings. The SMILES string of the molecule is CC1(C)OB(c2cnc(Cl)c(N(S(C)(=O)=O)S(C)(=O)=O)c2)OC1(C)C. The Morgan fingerprint density at radius 2 is 1.48 bits per heavy atom. The number of anilines is 1. The highest BCUT2D eigenvalue weighted by molar-refractivity contribution is 8.09. The van der Waals surface area contributed by atoms with Crippen LogP contribution in [0.15, 0.2) is 12.3 Å². The van der Waals surface area contributed by atoms with Crippen LogP contribution in [0.3, 0.4) is 0 Å². The van der Waals surface area contributed by atoms with Gasteiger partial charge in [0.2, 0.25) is 20.0 Å². The van der Waals surface area contributed by atoms with Crippen LogP contribution in [0.4, 0.5) is 5.69 Å². The number of hydrogen-bond acceptors (Lipinski definition) is 7.